The van der Waals surface area contributed by atoms with Gasteiger partial charge in [0.05, 0.1) is 0 Å². The van der Waals surface area contributed by atoms with Crippen LogP contribution in [0.5, 0.6) is 0 Å². The molecule has 1 aromatic carbocycles. The molecule has 1 rings (SSSR count). The lowest BCUT2D eigenvalue weighted by molar-refractivity contribution is -0.165. The number of carbonyl (C=O) groups excluding carboxylic acids is 2. The monoisotopic (exact) mass is 309 g/mol. The van der Waals surface area contributed by atoms with Gasteiger partial charge in [-0.15, -0.1) is 0 Å². The van der Waals surface area contributed by atoms with Gasteiger partial charge in [0, 0.05) is 13.0 Å². The van der Waals surface area contributed by atoms with Gasteiger partial charge in [-0.05, 0) is 26.3 Å². The van der Waals surface area contributed by atoms with E-state index in [0.29, 0.717) is 0 Å². The maximum absolute atomic E-state index is 11.5. The third-order valence-corrected chi connectivity index (χ3v) is 2.58. The molecular weight excluding hydrogens is 286 g/mol. The number of rotatable bonds is 6. The molecule has 1 aromatic rings. The van der Waals surface area contributed by atoms with E-state index in [-0.39, 0.29) is 19.6 Å². The van der Waals surface area contributed by atoms with Crippen LogP contribution in [0, 0.1) is 0 Å². The zero-order valence-corrected chi connectivity index (χ0v) is 13.2. The number of amides is 1. The standard InChI is InChI=1S/C16H23NO5/c1-16(2,3)22-14(19)13(18)9-10-17-15(20)21-11-12-7-5-4-6-8-12/h4-8,13,18H,9-11H2,1-3H3,(H,17,20). The van der Waals surface area contributed by atoms with E-state index in [0.717, 1.165) is 5.56 Å². The second-order valence-electron chi connectivity index (χ2n) is 5.83. The molecule has 0 aromatic heterocycles. The molecule has 1 atom stereocenters. The summed E-state index contributed by atoms with van der Waals surface area (Å²) in [6.07, 6.45) is -1.80. The van der Waals surface area contributed by atoms with Crippen LogP contribution in [0.4, 0.5) is 4.79 Å². The van der Waals surface area contributed by atoms with Crippen LogP contribution in [-0.2, 0) is 20.9 Å². The minimum absolute atomic E-state index is 0.0648. The number of aliphatic hydroxyl groups excluding tert-OH is 1. The molecular formula is C16H23NO5. The Morgan fingerprint density at radius 3 is 2.45 bits per heavy atom. The zero-order chi connectivity index (χ0) is 16.6. The van der Waals surface area contributed by atoms with E-state index in [2.05, 4.69) is 5.32 Å². The van der Waals surface area contributed by atoms with Crippen molar-refractivity contribution in [1.29, 1.82) is 0 Å². The Bertz CT molecular complexity index is 481. The van der Waals surface area contributed by atoms with Gasteiger partial charge in [0.15, 0.2) is 6.10 Å². The number of esters is 1. The van der Waals surface area contributed by atoms with Crippen LogP contribution in [0.1, 0.15) is 32.8 Å². The molecule has 0 aliphatic heterocycles. The lowest BCUT2D eigenvalue weighted by Crippen LogP contribution is -2.35. The van der Waals surface area contributed by atoms with E-state index in [1.54, 1.807) is 20.8 Å². The van der Waals surface area contributed by atoms with Gasteiger partial charge < -0.3 is 19.9 Å². The number of aliphatic hydroxyl groups is 1. The van der Waals surface area contributed by atoms with Crippen molar-refractivity contribution < 1.29 is 24.2 Å². The molecule has 122 valence electrons. The topological polar surface area (TPSA) is 84.9 Å². The highest BCUT2D eigenvalue weighted by atomic mass is 16.6. The van der Waals surface area contributed by atoms with Crippen molar-refractivity contribution in [3.63, 3.8) is 0 Å². The molecule has 0 aliphatic carbocycles. The molecule has 1 amide bonds. The van der Waals surface area contributed by atoms with Crippen molar-refractivity contribution in [2.75, 3.05) is 6.54 Å². The fourth-order valence-corrected chi connectivity index (χ4v) is 1.57. The number of ether oxygens (including phenoxy) is 2. The van der Waals surface area contributed by atoms with Crippen LogP contribution in [0.25, 0.3) is 0 Å². The van der Waals surface area contributed by atoms with Crippen molar-refractivity contribution in [3.8, 4) is 0 Å². The largest absolute Gasteiger partial charge is 0.458 e. The Morgan fingerprint density at radius 2 is 1.86 bits per heavy atom. The SMILES string of the molecule is CC(C)(C)OC(=O)C(O)CCNC(=O)OCc1ccccc1. The molecule has 0 bridgehead atoms. The molecule has 22 heavy (non-hydrogen) atoms. The van der Waals surface area contributed by atoms with Gasteiger partial charge >= 0.3 is 12.1 Å². The summed E-state index contributed by atoms with van der Waals surface area (Å²) in [5.41, 5.74) is 0.228. The fraction of sp³-hybridized carbons (Fsp3) is 0.500. The normalized spacial score (nSPS) is 12.4. The van der Waals surface area contributed by atoms with Gasteiger partial charge in [-0.3, -0.25) is 0 Å². The molecule has 0 fully saturated rings. The van der Waals surface area contributed by atoms with Crippen LogP contribution in [-0.4, -0.2) is 35.4 Å². The number of alkyl carbamates (subject to hydrolysis) is 1. The fourth-order valence-electron chi connectivity index (χ4n) is 1.57. The average Bonchev–Trinajstić information content (AvgIpc) is 2.44. The first-order valence-corrected chi connectivity index (χ1v) is 7.13. The maximum Gasteiger partial charge on any atom is 0.407 e. The number of hydrogen-bond acceptors (Lipinski definition) is 5. The highest BCUT2D eigenvalue weighted by Gasteiger charge is 2.23. The molecule has 2 N–H and O–H groups in total. The highest BCUT2D eigenvalue weighted by molar-refractivity contribution is 5.75. The summed E-state index contributed by atoms with van der Waals surface area (Å²) in [5.74, 6) is -0.702. The summed E-state index contributed by atoms with van der Waals surface area (Å²) in [5, 5.41) is 12.1. The molecule has 6 nitrogen and oxygen atoms in total. The molecule has 0 saturated carbocycles. The molecule has 0 aliphatic rings. The highest BCUT2D eigenvalue weighted by Crippen LogP contribution is 2.09. The van der Waals surface area contributed by atoms with Crippen molar-refractivity contribution in [3.05, 3.63) is 35.9 Å². The smallest absolute Gasteiger partial charge is 0.407 e. The van der Waals surface area contributed by atoms with Crippen molar-refractivity contribution >= 4 is 12.1 Å². The lowest BCUT2D eigenvalue weighted by Gasteiger charge is -2.21. The first-order chi connectivity index (χ1) is 10.3. The third-order valence-electron chi connectivity index (χ3n) is 2.58. The summed E-state index contributed by atoms with van der Waals surface area (Å²) < 4.78 is 10.0. The van der Waals surface area contributed by atoms with Crippen LogP contribution in [0.3, 0.4) is 0 Å². The van der Waals surface area contributed by atoms with E-state index in [1.807, 2.05) is 30.3 Å². The second-order valence-corrected chi connectivity index (χ2v) is 5.83. The van der Waals surface area contributed by atoms with E-state index in [9.17, 15) is 14.7 Å². The predicted molar refractivity (Wildman–Crippen MR) is 81.1 cm³/mol. The minimum Gasteiger partial charge on any atom is -0.458 e. The third kappa shape index (κ3) is 7.64. The summed E-state index contributed by atoms with van der Waals surface area (Å²) in [6, 6.07) is 9.28. The van der Waals surface area contributed by atoms with Crippen LogP contribution in [0.2, 0.25) is 0 Å². The maximum atomic E-state index is 11.5. The Kier molecular flexibility index (Phi) is 6.85. The number of nitrogens with one attached hydrogen (secondary N) is 1. The first kappa shape index (κ1) is 18.0. The Morgan fingerprint density at radius 1 is 1.23 bits per heavy atom. The van der Waals surface area contributed by atoms with Crippen LogP contribution < -0.4 is 5.32 Å². The number of carbonyl (C=O) groups is 2. The van der Waals surface area contributed by atoms with Crippen molar-refractivity contribution in [2.45, 2.75) is 45.5 Å². The quantitative estimate of drug-likeness (QED) is 0.785. The summed E-state index contributed by atoms with van der Waals surface area (Å²) >= 11 is 0. The van der Waals surface area contributed by atoms with E-state index < -0.39 is 23.8 Å². The van der Waals surface area contributed by atoms with Crippen molar-refractivity contribution in [1.82, 2.24) is 5.32 Å². The average molecular weight is 309 g/mol. The Hall–Kier alpha value is -2.08. The second kappa shape index (κ2) is 8.38. The molecule has 6 heteroatoms. The van der Waals surface area contributed by atoms with Gasteiger partial charge in [0.25, 0.3) is 0 Å². The van der Waals surface area contributed by atoms with Gasteiger partial charge in [0.1, 0.15) is 12.2 Å². The van der Waals surface area contributed by atoms with Crippen molar-refractivity contribution in [2.24, 2.45) is 0 Å². The molecule has 0 saturated heterocycles. The Labute approximate surface area is 130 Å². The number of benzene rings is 1. The first-order valence-electron chi connectivity index (χ1n) is 7.13. The van der Waals surface area contributed by atoms with Gasteiger partial charge in [-0.2, -0.15) is 0 Å². The molecule has 0 heterocycles. The van der Waals surface area contributed by atoms with Gasteiger partial charge in [-0.1, -0.05) is 30.3 Å². The minimum atomic E-state index is -1.27. The summed E-state index contributed by atoms with van der Waals surface area (Å²) in [7, 11) is 0. The molecule has 0 radical (unpaired) electrons. The van der Waals surface area contributed by atoms with E-state index in [4.69, 9.17) is 9.47 Å². The molecule has 0 spiro atoms. The zero-order valence-electron chi connectivity index (χ0n) is 13.2. The Balaban J connectivity index is 2.20. The van der Waals surface area contributed by atoms with Gasteiger partial charge in [-0.25, -0.2) is 9.59 Å². The van der Waals surface area contributed by atoms with Crippen LogP contribution >= 0.6 is 0 Å². The van der Waals surface area contributed by atoms with Gasteiger partial charge in [0.2, 0.25) is 0 Å². The molecule has 1 unspecified atom stereocenters. The van der Waals surface area contributed by atoms with E-state index in [1.165, 1.54) is 0 Å². The number of hydrogen-bond donors (Lipinski definition) is 2. The van der Waals surface area contributed by atoms with Crippen LogP contribution in [0.15, 0.2) is 30.3 Å². The van der Waals surface area contributed by atoms with E-state index >= 15 is 0 Å². The summed E-state index contributed by atoms with van der Waals surface area (Å²) in [6.45, 7) is 5.44. The lowest BCUT2D eigenvalue weighted by atomic mass is 10.2. The summed E-state index contributed by atoms with van der Waals surface area (Å²) in [4.78, 5) is 23.0. The predicted octanol–water partition coefficient (Wildman–Crippen LogP) is 2.01.